The van der Waals surface area contributed by atoms with E-state index in [0.29, 0.717) is 41.4 Å². The monoisotopic (exact) mass is 583 g/mol. The lowest BCUT2D eigenvalue weighted by Crippen LogP contribution is -2.45. The topological polar surface area (TPSA) is 171 Å². The van der Waals surface area contributed by atoms with Crippen molar-refractivity contribution in [3.63, 3.8) is 0 Å². The smallest absolute Gasteiger partial charge is 0.408 e. The van der Waals surface area contributed by atoms with Crippen LogP contribution in [0.25, 0.3) is 11.0 Å². The molecule has 1 amide bonds. The summed E-state index contributed by atoms with van der Waals surface area (Å²) in [6, 6.07) is 1.68. The molecule has 2 aromatic heterocycles. The molecular formula is C25H41N5O7SSi. The van der Waals surface area contributed by atoms with Gasteiger partial charge in [0.25, 0.3) is 0 Å². The van der Waals surface area contributed by atoms with Gasteiger partial charge in [0.15, 0.2) is 6.23 Å². The second-order valence-corrected chi connectivity index (χ2v) is 18.6. The number of hydrogen-bond acceptors (Lipinski definition) is 11. The zero-order valence-corrected chi connectivity index (χ0v) is 25.2. The first kappa shape index (κ1) is 31.1. The summed E-state index contributed by atoms with van der Waals surface area (Å²) in [4.78, 5) is 33.3. The standard InChI is InChI=1S/C25H41N5O7SSi/c1-25(2,3)37-24(34)29-16(23(33)35-10-12-39(4,5)6)8-11-38-13-17-18(31)19(32)22(36-17)30-9-7-15-20(26)27-14-28-21(15)30/h7,9,14,16-19,22,31-32H,8,10-13H2,1-6H3,(H,29,34)(H2,26,27,28)/t16-,17+,18+,19+,22+/m0/s1. The number of carbonyl (C=O) groups is 2. The molecule has 0 radical (unpaired) electrons. The number of nitrogen functional groups attached to an aromatic ring is 1. The number of alkyl carbamates (subject to hydrolysis) is 1. The van der Waals surface area contributed by atoms with Gasteiger partial charge in [0.05, 0.1) is 18.1 Å². The third kappa shape index (κ3) is 8.80. The summed E-state index contributed by atoms with van der Waals surface area (Å²) in [7, 11) is -1.39. The molecule has 5 atom stereocenters. The van der Waals surface area contributed by atoms with E-state index in [9.17, 15) is 19.8 Å². The highest BCUT2D eigenvalue weighted by atomic mass is 32.2. The van der Waals surface area contributed by atoms with Crippen LogP contribution >= 0.6 is 11.8 Å². The molecule has 218 valence electrons. The Balaban J connectivity index is 1.56. The predicted octanol–water partition coefficient (Wildman–Crippen LogP) is 2.53. The number of thioether (sulfide) groups is 1. The number of ether oxygens (including phenoxy) is 3. The van der Waals surface area contributed by atoms with E-state index in [1.807, 2.05) is 0 Å². The number of nitrogens with one attached hydrogen (secondary N) is 1. The molecule has 12 nitrogen and oxygen atoms in total. The van der Waals surface area contributed by atoms with E-state index < -0.39 is 56.3 Å². The first-order valence-electron chi connectivity index (χ1n) is 13.0. The van der Waals surface area contributed by atoms with Gasteiger partial charge in [-0.3, -0.25) is 0 Å². The zero-order chi connectivity index (χ0) is 29.0. The third-order valence-corrected chi connectivity index (χ3v) is 8.85. The lowest BCUT2D eigenvalue weighted by Gasteiger charge is -2.23. The van der Waals surface area contributed by atoms with Gasteiger partial charge in [-0.2, -0.15) is 11.8 Å². The Morgan fingerprint density at radius 1 is 1.26 bits per heavy atom. The number of aliphatic hydroxyl groups excluding tert-OH is 2. The second-order valence-electron chi connectivity index (χ2n) is 11.8. The number of carbonyl (C=O) groups excluding carboxylic acids is 2. The van der Waals surface area contributed by atoms with Gasteiger partial charge >= 0.3 is 12.1 Å². The van der Waals surface area contributed by atoms with E-state index >= 15 is 0 Å². The van der Waals surface area contributed by atoms with Gasteiger partial charge in [-0.25, -0.2) is 19.6 Å². The zero-order valence-electron chi connectivity index (χ0n) is 23.4. The lowest BCUT2D eigenvalue weighted by atomic mass is 10.1. The number of nitrogens with two attached hydrogens (primary N) is 1. The number of aromatic nitrogens is 3. The van der Waals surface area contributed by atoms with Crippen molar-refractivity contribution in [2.75, 3.05) is 23.8 Å². The number of fused-ring (bicyclic) bond motifs is 1. The first-order valence-corrected chi connectivity index (χ1v) is 17.8. The SMILES string of the molecule is CC(C)(C)OC(=O)N[C@@H](CCSC[C@H]1O[C@@H](n2ccc3c(N)ncnc32)[C@H](O)[C@@H]1O)C(=O)OCC[Si](C)(C)C. The number of hydrogen-bond donors (Lipinski definition) is 4. The minimum Gasteiger partial charge on any atom is -0.464 e. The first-order chi connectivity index (χ1) is 18.2. The molecule has 39 heavy (non-hydrogen) atoms. The number of aliphatic hydroxyl groups is 2. The van der Waals surface area contributed by atoms with Crippen molar-refractivity contribution >= 4 is 48.7 Å². The summed E-state index contributed by atoms with van der Waals surface area (Å²) >= 11 is 1.43. The van der Waals surface area contributed by atoms with Crippen LogP contribution < -0.4 is 11.1 Å². The van der Waals surface area contributed by atoms with Gasteiger partial charge in [-0.05, 0) is 45.1 Å². The van der Waals surface area contributed by atoms with E-state index in [1.54, 1.807) is 37.6 Å². The molecule has 0 unspecified atom stereocenters. The van der Waals surface area contributed by atoms with E-state index in [2.05, 4.69) is 34.9 Å². The summed E-state index contributed by atoms with van der Waals surface area (Å²) < 4.78 is 18.4. The van der Waals surface area contributed by atoms with E-state index in [-0.39, 0.29) is 0 Å². The fourth-order valence-corrected chi connectivity index (χ4v) is 5.74. The van der Waals surface area contributed by atoms with Crippen LogP contribution in [-0.4, -0.2) is 93.0 Å². The molecule has 3 heterocycles. The van der Waals surface area contributed by atoms with Crippen LogP contribution in [0, 0.1) is 0 Å². The Bertz CT molecular complexity index is 1140. The number of rotatable bonds is 11. The number of anilines is 1. The van der Waals surface area contributed by atoms with Crippen molar-refractivity contribution in [3.05, 3.63) is 18.6 Å². The van der Waals surface area contributed by atoms with Crippen LogP contribution in [0.5, 0.6) is 0 Å². The molecule has 5 N–H and O–H groups in total. The second kappa shape index (κ2) is 12.9. The molecule has 0 bridgehead atoms. The van der Waals surface area contributed by atoms with Crippen molar-refractivity contribution in [2.24, 2.45) is 0 Å². The van der Waals surface area contributed by atoms with Crippen LogP contribution in [0.3, 0.4) is 0 Å². The maximum atomic E-state index is 12.8. The molecule has 0 aromatic carbocycles. The molecule has 1 aliphatic rings. The molecule has 3 rings (SSSR count). The highest BCUT2D eigenvalue weighted by molar-refractivity contribution is 7.99. The highest BCUT2D eigenvalue weighted by Crippen LogP contribution is 2.34. The van der Waals surface area contributed by atoms with Gasteiger partial charge < -0.3 is 40.0 Å². The minimum atomic E-state index is -1.39. The van der Waals surface area contributed by atoms with Crippen molar-refractivity contribution < 1.29 is 34.0 Å². The van der Waals surface area contributed by atoms with Gasteiger partial charge in [0, 0.05) is 20.0 Å². The quantitative estimate of drug-likeness (QED) is 0.174. The number of amides is 1. The van der Waals surface area contributed by atoms with Crippen molar-refractivity contribution in [3.8, 4) is 0 Å². The molecule has 0 spiro atoms. The van der Waals surface area contributed by atoms with E-state index in [1.165, 1.54) is 18.1 Å². The maximum Gasteiger partial charge on any atom is 0.408 e. The largest absolute Gasteiger partial charge is 0.464 e. The van der Waals surface area contributed by atoms with Crippen LogP contribution in [0.15, 0.2) is 18.6 Å². The van der Waals surface area contributed by atoms with Crippen LogP contribution in [-0.2, 0) is 19.0 Å². The average Bonchev–Trinajstić information content (AvgIpc) is 3.36. The van der Waals surface area contributed by atoms with Crippen LogP contribution in [0.2, 0.25) is 25.7 Å². The fraction of sp³-hybridized carbons (Fsp3) is 0.680. The Hall–Kier alpha value is -2.39. The Kier molecular flexibility index (Phi) is 10.3. The summed E-state index contributed by atoms with van der Waals surface area (Å²) in [5.74, 6) is 0.628. The summed E-state index contributed by atoms with van der Waals surface area (Å²) in [6.45, 7) is 12.1. The summed E-state index contributed by atoms with van der Waals surface area (Å²) in [6.07, 6.45) is -1.19. The molecular weight excluding hydrogens is 542 g/mol. The van der Waals surface area contributed by atoms with Crippen molar-refractivity contribution in [2.45, 2.75) is 89.1 Å². The minimum absolute atomic E-state index is 0.295. The fourth-order valence-electron chi connectivity index (χ4n) is 3.95. The molecule has 14 heteroatoms. The highest BCUT2D eigenvalue weighted by Gasteiger charge is 2.44. The van der Waals surface area contributed by atoms with Crippen molar-refractivity contribution in [1.82, 2.24) is 19.9 Å². The molecule has 0 saturated carbocycles. The Morgan fingerprint density at radius 3 is 2.64 bits per heavy atom. The molecule has 1 fully saturated rings. The van der Waals surface area contributed by atoms with E-state index in [4.69, 9.17) is 19.9 Å². The predicted molar refractivity (Wildman–Crippen MR) is 152 cm³/mol. The molecule has 1 aliphatic heterocycles. The summed E-state index contributed by atoms with van der Waals surface area (Å²) in [5.41, 5.74) is 5.69. The molecule has 1 saturated heterocycles. The third-order valence-electron chi connectivity index (χ3n) is 6.06. The number of esters is 1. The van der Waals surface area contributed by atoms with Gasteiger partial charge in [-0.15, -0.1) is 0 Å². The van der Waals surface area contributed by atoms with Gasteiger partial charge in [0.1, 0.15) is 41.6 Å². The van der Waals surface area contributed by atoms with Gasteiger partial charge in [0.2, 0.25) is 0 Å². The maximum absolute atomic E-state index is 12.8. The number of nitrogens with zero attached hydrogens (tertiary/aromatic N) is 3. The summed E-state index contributed by atoms with van der Waals surface area (Å²) in [5, 5.41) is 24.6. The van der Waals surface area contributed by atoms with Crippen molar-refractivity contribution in [1.29, 1.82) is 0 Å². The van der Waals surface area contributed by atoms with Crippen LogP contribution in [0.1, 0.15) is 33.4 Å². The van der Waals surface area contributed by atoms with Crippen LogP contribution in [0.4, 0.5) is 10.6 Å². The van der Waals surface area contributed by atoms with Gasteiger partial charge in [-0.1, -0.05) is 19.6 Å². The Morgan fingerprint density at radius 2 is 1.97 bits per heavy atom. The molecule has 0 aliphatic carbocycles. The normalized spacial score (nSPS) is 22.6. The average molecular weight is 584 g/mol. The molecule has 2 aromatic rings. The van der Waals surface area contributed by atoms with E-state index in [0.717, 1.165) is 6.04 Å². The Labute approximate surface area is 234 Å². The lowest BCUT2D eigenvalue weighted by molar-refractivity contribution is -0.145.